The number of unbranched alkanes of at least 4 members (excludes halogenated alkanes) is 3. The fraction of sp³-hybridized carbons (Fsp3) is 0.500. The summed E-state index contributed by atoms with van der Waals surface area (Å²) in [5.41, 5.74) is 5.21. The molecule has 2 aromatic carbocycles. The van der Waals surface area contributed by atoms with Crippen LogP contribution in [0.2, 0.25) is 0 Å². The first-order valence-electron chi connectivity index (χ1n) is 10.0. The Kier molecular flexibility index (Phi) is 6.69. The van der Waals surface area contributed by atoms with Crippen LogP contribution in [0.4, 0.5) is 0 Å². The Morgan fingerprint density at radius 2 is 1.52 bits per heavy atom. The lowest BCUT2D eigenvalue weighted by Crippen LogP contribution is -2.20. The number of hydrogen-bond acceptors (Lipinski definition) is 1. The Labute approximate surface area is 153 Å². The SMILES string of the molecule is CCCCCCC1CCC(c2ccc(-c3ccc(C)cc3)cc2)OC1. The summed E-state index contributed by atoms with van der Waals surface area (Å²) < 4.78 is 6.19. The molecule has 134 valence electrons. The smallest absolute Gasteiger partial charge is 0.0825 e. The lowest BCUT2D eigenvalue weighted by molar-refractivity contribution is -0.0198. The van der Waals surface area contributed by atoms with Gasteiger partial charge in [0.15, 0.2) is 0 Å². The highest BCUT2D eigenvalue weighted by molar-refractivity contribution is 5.64. The molecule has 3 rings (SSSR count). The summed E-state index contributed by atoms with van der Waals surface area (Å²) in [4.78, 5) is 0. The number of hydrogen-bond donors (Lipinski definition) is 0. The van der Waals surface area contributed by atoms with Crippen molar-refractivity contribution in [2.45, 2.75) is 64.9 Å². The van der Waals surface area contributed by atoms with Crippen LogP contribution in [0.3, 0.4) is 0 Å². The van der Waals surface area contributed by atoms with Crippen LogP contribution < -0.4 is 0 Å². The summed E-state index contributed by atoms with van der Waals surface area (Å²) >= 11 is 0. The quantitative estimate of drug-likeness (QED) is 0.490. The number of benzene rings is 2. The average molecular weight is 337 g/mol. The molecule has 2 unspecified atom stereocenters. The second-order valence-corrected chi connectivity index (χ2v) is 7.60. The van der Waals surface area contributed by atoms with Gasteiger partial charge in [-0.2, -0.15) is 0 Å². The van der Waals surface area contributed by atoms with E-state index in [-0.39, 0.29) is 0 Å². The van der Waals surface area contributed by atoms with Crippen molar-refractivity contribution in [1.29, 1.82) is 0 Å². The van der Waals surface area contributed by atoms with E-state index in [1.54, 1.807) is 0 Å². The van der Waals surface area contributed by atoms with Crippen LogP contribution in [0, 0.1) is 12.8 Å². The van der Waals surface area contributed by atoms with Crippen molar-refractivity contribution >= 4 is 0 Å². The average Bonchev–Trinajstić information content (AvgIpc) is 2.67. The molecular formula is C24H32O. The van der Waals surface area contributed by atoms with E-state index in [4.69, 9.17) is 4.74 Å². The van der Waals surface area contributed by atoms with Crippen LogP contribution in [0.5, 0.6) is 0 Å². The van der Waals surface area contributed by atoms with E-state index in [1.165, 1.54) is 67.2 Å². The molecule has 25 heavy (non-hydrogen) atoms. The molecule has 0 amide bonds. The predicted molar refractivity (Wildman–Crippen MR) is 107 cm³/mol. The topological polar surface area (TPSA) is 9.23 Å². The zero-order chi connectivity index (χ0) is 17.5. The molecule has 0 bridgehead atoms. The standard InChI is InChI=1S/C24H32O/c1-3-4-5-6-7-20-10-17-24(25-18-20)23-15-13-22(14-16-23)21-11-8-19(2)9-12-21/h8-9,11-16,20,24H,3-7,10,17-18H2,1-2H3. The maximum absolute atomic E-state index is 6.19. The first kappa shape index (κ1) is 18.2. The maximum Gasteiger partial charge on any atom is 0.0825 e. The van der Waals surface area contributed by atoms with Crippen molar-refractivity contribution in [1.82, 2.24) is 0 Å². The Hall–Kier alpha value is -1.60. The fourth-order valence-corrected chi connectivity index (χ4v) is 3.79. The molecule has 1 heteroatoms. The summed E-state index contributed by atoms with van der Waals surface area (Å²) in [6, 6.07) is 17.7. The lowest BCUT2D eigenvalue weighted by atomic mass is 9.90. The summed E-state index contributed by atoms with van der Waals surface area (Å²) in [5.74, 6) is 0.778. The molecule has 1 heterocycles. The Morgan fingerprint density at radius 3 is 2.12 bits per heavy atom. The molecule has 0 spiro atoms. The fourth-order valence-electron chi connectivity index (χ4n) is 3.79. The van der Waals surface area contributed by atoms with Crippen LogP contribution in [-0.4, -0.2) is 6.61 Å². The summed E-state index contributed by atoms with van der Waals surface area (Å²) in [6.07, 6.45) is 9.58. The van der Waals surface area contributed by atoms with Crippen molar-refractivity contribution in [2.75, 3.05) is 6.61 Å². The molecule has 0 N–H and O–H groups in total. The van der Waals surface area contributed by atoms with E-state index in [1.807, 2.05) is 0 Å². The minimum absolute atomic E-state index is 0.291. The number of aryl methyl sites for hydroxylation is 1. The molecular weight excluding hydrogens is 304 g/mol. The third kappa shape index (κ3) is 5.19. The van der Waals surface area contributed by atoms with E-state index in [0.717, 1.165) is 12.5 Å². The molecule has 1 fully saturated rings. The molecule has 0 saturated carbocycles. The van der Waals surface area contributed by atoms with Crippen LogP contribution in [0.15, 0.2) is 48.5 Å². The largest absolute Gasteiger partial charge is 0.373 e. The zero-order valence-electron chi connectivity index (χ0n) is 15.8. The summed E-state index contributed by atoms with van der Waals surface area (Å²) in [6.45, 7) is 5.35. The van der Waals surface area contributed by atoms with Crippen LogP contribution in [-0.2, 0) is 4.74 Å². The van der Waals surface area contributed by atoms with E-state index < -0.39 is 0 Å². The Bertz CT molecular complexity index is 618. The Morgan fingerprint density at radius 1 is 0.840 bits per heavy atom. The van der Waals surface area contributed by atoms with Crippen molar-refractivity contribution in [3.8, 4) is 11.1 Å². The van der Waals surface area contributed by atoms with Crippen LogP contribution in [0.25, 0.3) is 11.1 Å². The van der Waals surface area contributed by atoms with Gasteiger partial charge in [0.05, 0.1) is 12.7 Å². The maximum atomic E-state index is 6.19. The van der Waals surface area contributed by atoms with Gasteiger partial charge in [-0.3, -0.25) is 0 Å². The van der Waals surface area contributed by atoms with Gasteiger partial charge in [0, 0.05) is 0 Å². The second-order valence-electron chi connectivity index (χ2n) is 7.60. The van der Waals surface area contributed by atoms with Gasteiger partial charge in [-0.25, -0.2) is 0 Å². The van der Waals surface area contributed by atoms with Gasteiger partial charge in [-0.05, 0) is 48.8 Å². The zero-order valence-corrected chi connectivity index (χ0v) is 15.8. The third-order valence-corrected chi connectivity index (χ3v) is 5.50. The lowest BCUT2D eigenvalue weighted by Gasteiger charge is -2.29. The highest BCUT2D eigenvalue weighted by Gasteiger charge is 2.22. The van der Waals surface area contributed by atoms with Gasteiger partial charge in [0.2, 0.25) is 0 Å². The molecule has 1 aliphatic rings. The van der Waals surface area contributed by atoms with E-state index in [2.05, 4.69) is 62.4 Å². The Balaban J connectivity index is 1.51. The summed E-state index contributed by atoms with van der Waals surface area (Å²) in [5, 5.41) is 0. The molecule has 0 aromatic heterocycles. The van der Waals surface area contributed by atoms with Gasteiger partial charge in [-0.1, -0.05) is 86.7 Å². The molecule has 1 nitrogen and oxygen atoms in total. The molecule has 1 aliphatic heterocycles. The predicted octanol–water partition coefficient (Wildman–Crippen LogP) is 7.10. The second kappa shape index (κ2) is 9.20. The number of ether oxygens (including phenoxy) is 1. The minimum Gasteiger partial charge on any atom is -0.373 e. The van der Waals surface area contributed by atoms with E-state index >= 15 is 0 Å². The highest BCUT2D eigenvalue weighted by atomic mass is 16.5. The van der Waals surface area contributed by atoms with Gasteiger partial charge < -0.3 is 4.74 Å². The molecule has 0 aliphatic carbocycles. The van der Waals surface area contributed by atoms with Crippen LogP contribution in [0.1, 0.15) is 69.1 Å². The van der Waals surface area contributed by atoms with Crippen molar-refractivity contribution in [3.63, 3.8) is 0 Å². The highest BCUT2D eigenvalue weighted by Crippen LogP contribution is 2.33. The van der Waals surface area contributed by atoms with Crippen LogP contribution >= 0.6 is 0 Å². The van der Waals surface area contributed by atoms with Crippen molar-refractivity contribution in [2.24, 2.45) is 5.92 Å². The molecule has 1 saturated heterocycles. The molecule has 2 aromatic rings. The normalized spacial score (nSPS) is 20.6. The summed E-state index contributed by atoms with van der Waals surface area (Å²) in [7, 11) is 0. The molecule has 0 radical (unpaired) electrons. The van der Waals surface area contributed by atoms with Gasteiger partial charge in [0.25, 0.3) is 0 Å². The third-order valence-electron chi connectivity index (χ3n) is 5.50. The first-order valence-corrected chi connectivity index (χ1v) is 10.0. The monoisotopic (exact) mass is 336 g/mol. The van der Waals surface area contributed by atoms with Crippen molar-refractivity contribution < 1.29 is 4.74 Å². The van der Waals surface area contributed by atoms with Gasteiger partial charge in [-0.15, -0.1) is 0 Å². The van der Waals surface area contributed by atoms with Gasteiger partial charge in [0.1, 0.15) is 0 Å². The van der Waals surface area contributed by atoms with E-state index in [0.29, 0.717) is 6.10 Å². The van der Waals surface area contributed by atoms with Gasteiger partial charge >= 0.3 is 0 Å². The minimum atomic E-state index is 0.291. The van der Waals surface area contributed by atoms with Crippen molar-refractivity contribution in [3.05, 3.63) is 59.7 Å². The first-order chi connectivity index (χ1) is 12.3. The number of rotatable bonds is 7. The molecule has 2 atom stereocenters. The van der Waals surface area contributed by atoms with E-state index in [9.17, 15) is 0 Å².